The van der Waals surface area contributed by atoms with Crippen molar-refractivity contribution < 1.29 is 24.1 Å². The highest BCUT2D eigenvalue weighted by Crippen LogP contribution is 2.40. The summed E-state index contributed by atoms with van der Waals surface area (Å²) in [6, 6.07) is 5.25. The van der Waals surface area contributed by atoms with Gasteiger partial charge in [0.2, 0.25) is 11.5 Å². The van der Waals surface area contributed by atoms with Crippen molar-refractivity contribution in [1.29, 1.82) is 5.41 Å². The number of ketones is 1. The predicted molar refractivity (Wildman–Crippen MR) is 138 cm³/mol. The van der Waals surface area contributed by atoms with Crippen molar-refractivity contribution in [3.63, 3.8) is 0 Å². The second-order valence-electron chi connectivity index (χ2n) is 9.32. The molecule has 3 rings (SSSR count). The third-order valence-corrected chi connectivity index (χ3v) is 5.54. The van der Waals surface area contributed by atoms with Crippen LogP contribution in [0.1, 0.15) is 62.0 Å². The van der Waals surface area contributed by atoms with Crippen molar-refractivity contribution in [2.24, 2.45) is 0 Å². The number of unbranched alkanes of at least 4 members (excludes halogenated alkanes) is 1. The number of fused-ring (bicyclic) bond motifs is 1. The van der Waals surface area contributed by atoms with Crippen LogP contribution >= 0.6 is 12.4 Å². The van der Waals surface area contributed by atoms with Crippen LogP contribution in [-0.4, -0.2) is 57.2 Å². The van der Waals surface area contributed by atoms with Gasteiger partial charge in [-0.2, -0.15) is 4.52 Å². The van der Waals surface area contributed by atoms with Crippen molar-refractivity contribution in [1.82, 2.24) is 19.4 Å². The lowest BCUT2D eigenvalue weighted by molar-refractivity contribution is 0.0964. The van der Waals surface area contributed by atoms with Crippen LogP contribution in [0, 0.1) is 12.3 Å². The second kappa shape index (κ2) is 12.2. The highest BCUT2D eigenvalue weighted by Gasteiger charge is 2.25. The van der Waals surface area contributed by atoms with Gasteiger partial charge in [0.1, 0.15) is 6.54 Å². The van der Waals surface area contributed by atoms with Gasteiger partial charge in [0.25, 0.3) is 0 Å². The van der Waals surface area contributed by atoms with Gasteiger partial charge >= 0.3 is 0 Å². The Labute approximate surface area is 217 Å². The molecule has 3 aromatic rings. The zero-order chi connectivity index (χ0) is 25.8. The van der Waals surface area contributed by atoms with Crippen LogP contribution in [-0.2, 0) is 12.0 Å². The number of nitrogens with one attached hydrogen (secondary N) is 1. The van der Waals surface area contributed by atoms with Gasteiger partial charge in [-0.1, -0.05) is 20.8 Å². The normalized spacial score (nSPS) is 11.3. The number of hydrogen-bond acceptors (Lipinski definition) is 8. The number of halogens is 1. The van der Waals surface area contributed by atoms with E-state index in [-0.39, 0.29) is 42.4 Å². The van der Waals surface area contributed by atoms with E-state index in [0.29, 0.717) is 54.6 Å². The molecule has 10 nitrogen and oxygen atoms in total. The monoisotopic (exact) mass is 521 g/mol. The van der Waals surface area contributed by atoms with E-state index in [1.807, 2.05) is 40.7 Å². The molecule has 0 saturated carbocycles. The Morgan fingerprint density at radius 2 is 1.86 bits per heavy atom. The number of methoxy groups -OCH3 is 1. The van der Waals surface area contributed by atoms with Crippen molar-refractivity contribution in [2.45, 2.75) is 59.4 Å². The topological polar surface area (TPSA) is 124 Å². The second-order valence-corrected chi connectivity index (χ2v) is 9.32. The van der Waals surface area contributed by atoms with E-state index >= 15 is 0 Å². The molecule has 11 heteroatoms. The largest absolute Gasteiger partial charge is 0.493 e. The van der Waals surface area contributed by atoms with Crippen LogP contribution in [0.5, 0.6) is 17.4 Å². The quantitative estimate of drug-likeness (QED) is 0.292. The maximum Gasteiger partial charge on any atom is 0.242 e. The number of aryl methyl sites for hydroxylation is 1. The molecule has 0 aliphatic rings. The molecule has 0 aliphatic carbocycles. The van der Waals surface area contributed by atoms with E-state index in [1.165, 1.54) is 9.20 Å². The average molecular weight is 522 g/mol. The predicted octanol–water partition coefficient (Wildman–Crippen LogP) is 3.48. The molecule has 0 bridgehead atoms. The molecule has 0 fully saturated rings. The first-order valence-corrected chi connectivity index (χ1v) is 11.7. The van der Waals surface area contributed by atoms with Gasteiger partial charge < -0.3 is 19.3 Å². The summed E-state index contributed by atoms with van der Waals surface area (Å²) in [7, 11) is 1.58. The third-order valence-electron chi connectivity index (χ3n) is 5.54. The number of Topliss-reactive ketones (excluding diaryl/α,β-unsaturated/α-hetero) is 1. The Bertz CT molecular complexity index is 1260. The molecular weight excluding hydrogens is 486 g/mol. The van der Waals surface area contributed by atoms with Crippen molar-refractivity contribution in [3.8, 4) is 17.4 Å². The summed E-state index contributed by atoms with van der Waals surface area (Å²) in [5.74, 6) is 1.24. The minimum atomic E-state index is -0.307. The molecule has 198 valence electrons. The van der Waals surface area contributed by atoms with Gasteiger partial charge in [0, 0.05) is 29.4 Å². The van der Waals surface area contributed by atoms with Crippen LogP contribution in [0.3, 0.4) is 0 Å². The fraction of sp³-hybridized carbons (Fsp3) is 0.520. The highest BCUT2D eigenvalue weighted by atomic mass is 35.5. The number of benzene rings is 1. The molecule has 0 radical (unpaired) electrons. The summed E-state index contributed by atoms with van der Waals surface area (Å²) >= 11 is 0. The maximum absolute atomic E-state index is 13.4. The van der Waals surface area contributed by atoms with E-state index < -0.39 is 0 Å². The Kier molecular flexibility index (Phi) is 9.89. The fourth-order valence-electron chi connectivity index (χ4n) is 3.72. The summed E-state index contributed by atoms with van der Waals surface area (Å²) < 4.78 is 19.8. The van der Waals surface area contributed by atoms with Gasteiger partial charge in [0.05, 0.1) is 20.3 Å². The number of nitrogens with zero attached hydrogens (tertiary/aromatic N) is 4. The van der Waals surface area contributed by atoms with Gasteiger partial charge in [-0.3, -0.25) is 10.2 Å². The minimum Gasteiger partial charge on any atom is -0.493 e. The van der Waals surface area contributed by atoms with Gasteiger partial charge in [-0.05, 0) is 44.2 Å². The Hall–Kier alpha value is -3.11. The number of carbonyl (C=O) groups is 1. The lowest BCUT2D eigenvalue weighted by Crippen LogP contribution is -2.26. The zero-order valence-electron chi connectivity index (χ0n) is 21.8. The summed E-state index contributed by atoms with van der Waals surface area (Å²) in [5, 5.41) is 26.3. The van der Waals surface area contributed by atoms with Crippen LogP contribution in [0.25, 0.3) is 5.65 Å². The Balaban J connectivity index is 0.00000456. The summed E-state index contributed by atoms with van der Waals surface area (Å²) in [6.07, 6.45) is 1.31. The summed E-state index contributed by atoms with van der Waals surface area (Å²) in [6.45, 7) is 10.6. The van der Waals surface area contributed by atoms with E-state index in [4.69, 9.17) is 24.7 Å². The lowest BCUT2D eigenvalue weighted by atomic mass is 9.84. The number of rotatable bonds is 11. The first-order valence-electron chi connectivity index (χ1n) is 11.7. The maximum atomic E-state index is 13.4. The van der Waals surface area contributed by atoms with Crippen LogP contribution < -0.4 is 19.8 Å². The molecule has 0 atom stereocenters. The summed E-state index contributed by atoms with van der Waals surface area (Å²) in [5.41, 5.74) is 2.23. The van der Waals surface area contributed by atoms with Crippen molar-refractivity contribution >= 4 is 23.8 Å². The zero-order valence-corrected chi connectivity index (χ0v) is 22.6. The number of carbonyl (C=O) groups excluding carboxylic acids is 1. The summed E-state index contributed by atoms with van der Waals surface area (Å²) in [4.78, 5) is 13.4. The Morgan fingerprint density at radius 3 is 2.47 bits per heavy atom. The molecular formula is C25H36ClN5O5. The first-order chi connectivity index (χ1) is 16.6. The third kappa shape index (κ3) is 6.36. The number of hydrogen-bond donors (Lipinski definition) is 2. The lowest BCUT2D eigenvalue weighted by Gasteiger charge is -2.25. The minimum absolute atomic E-state index is 0. The highest BCUT2D eigenvalue weighted by molar-refractivity contribution is 5.97. The Morgan fingerprint density at radius 1 is 1.14 bits per heavy atom. The van der Waals surface area contributed by atoms with E-state index in [9.17, 15) is 4.79 Å². The van der Waals surface area contributed by atoms with Crippen LogP contribution in [0.2, 0.25) is 0 Å². The van der Waals surface area contributed by atoms with Gasteiger partial charge in [-0.25, -0.2) is 4.68 Å². The SMILES string of the molecule is CCOc1cc(C)c2nn(CC(=O)c3cc(OCCCCO)c(OC)c(C(C)(C)C)c3)c(=N)n2n1.Cl. The van der Waals surface area contributed by atoms with E-state index in [2.05, 4.69) is 10.2 Å². The fourth-order valence-corrected chi connectivity index (χ4v) is 3.72. The van der Waals surface area contributed by atoms with Crippen molar-refractivity contribution in [3.05, 3.63) is 40.5 Å². The molecule has 0 unspecified atom stereocenters. The number of ether oxygens (including phenoxy) is 3. The standard InChI is InChI=1S/C25H35N5O5.ClH/c1-7-34-21-12-16(2)23-28-29(24(26)30(23)27-21)15-19(32)17-13-18(25(3,4)5)22(33-6)20(14-17)35-11-9-8-10-31;/h12-14,26,31H,7-11,15H2,1-6H3;1H. The van der Waals surface area contributed by atoms with Crippen LogP contribution in [0.15, 0.2) is 18.2 Å². The molecule has 0 spiro atoms. The molecule has 2 heterocycles. The van der Waals surface area contributed by atoms with Crippen molar-refractivity contribution in [2.75, 3.05) is 26.9 Å². The molecule has 0 aliphatic heterocycles. The smallest absolute Gasteiger partial charge is 0.242 e. The first kappa shape index (κ1) is 29.1. The molecule has 2 N–H and O–H groups in total. The van der Waals surface area contributed by atoms with Crippen LogP contribution in [0.4, 0.5) is 0 Å². The number of aliphatic hydroxyl groups excluding tert-OH is 1. The molecule has 1 aromatic carbocycles. The van der Waals surface area contributed by atoms with Gasteiger partial charge in [0.15, 0.2) is 22.9 Å². The van der Waals surface area contributed by atoms with E-state index in [0.717, 1.165) is 11.1 Å². The molecule has 0 saturated heterocycles. The molecule has 0 amide bonds. The number of aromatic nitrogens is 4. The number of aliphatic hydroxyl groups is 1. The molecule has 36 heavy (non-hydrogen) atoms. The molecule has 2 aromatic heterocycles. The average Bonchev–Trinajstić information content (AvgIpc) is 3.11. The van der Waals surface area contributed by atoms with E-state index in [1.54, 1.807) is 19.2 Å². The van der Waals surface area contributed by atoms with Gasteiger partial charge in [-0.15, -0.1) is 22.6 Å².